The van der Waals surface area contributed by atoms with E-state index in [4.69, 9.17) is 23.2 Å². The summed E-state index contributed by atoms with van der Waals surface area (Å²) in [5, 5.41) is 9.00. The van der Waals surface area contributed by atoms with Crippen molar-refractivity contribution in [1.82, 2.24) is 19.5 Å². The van der Waals surface area contributed by atoms with Gasteiger partial charge in [0.25, 0.3) is 5.91 Å². The zero-order valence-electron chi connectivity index (χ0n) is 11.7. The number of rotatable bonds is 3. The Hall–Kier alpha value is -2.11. The second-order valence-electron chi connectivity index (χ2n) is 4.83. The molecule has 2 heterocycles. The molecule has 0 aliphatic carbocycles. The van der Waals surface area contributed by atoms with E-state index in [0.29, 0.717) is 28.0 Å². The SMILES string of the molecule is CN(Cc1nnc2ccccn12)C(=O)c1ccc(Cl)cc1Cl. The number of carbonyl (C=O) groups excluding carboxylic acids is 1. The molecule has 0 spiro atoms. The number of aromatic nitrogens is 3. The fourth-order valence-corrected chi connectivity index (χ4v) is 2.64. The molecule has 0 aliphatic rings. The first kappa shape index (κ1) is 14.8. The van der Waals surface area contributed by atoms with Crippen molar-refractivity contribution in [1.29, 1.82) is 0 Å². The molecule has 0 N–H and O–H groups in total. The first-order valence-electron chi connectivity index (χ1n) is 6.55. The van der Waals surface area contributed by atoms with E-state index in [1.807, 2.05) is 28.8 Å². The van der Waals surface area contributed by atoms with Crippen molar-refractivity contribution in [2.45, 2.75) is 6.54 Å². The van der Waals surface area contributed by atoms with Gasteiger partial charge in [-0.25, -0.2) is 0 Å². The Balaban J connectivity index is 1.84. The summed E-state index contributed by atoms with van der Waals surface area (Å²) < 4.78 is 1.84. The monoisotopic (exact) mass is 334 g/mol. The molecule has 0 saturated carbocycles. The maximum Gasteiger partial charge on any atom is 0.255 e. The van der Waals surface area contributed by atoms with Gasteiger partial charge in [-0.05, 0) is 30.3 Å². The highest BCUT2D eigenvalue weighted by Gasteiger charge is 2.17. The predicted octanol–water partition coefficient (Wildman–Crippen LogP) is 3.31. The topological polar surface area (TPSA) is 50.5 Å². The minimum atomic E-state index is -0.200. The van der Waals surface area contributed by atoms with Gasteiger partial charge in [0.1, 0.15) is 0 Å². The first-order valence-corrected chi connectivity index (χ1v) is 7.31. The van der Waals surface area contributed by atoms with Crippen LogP contribution in [0.4, 0.5) is 0 Å². The van der Waals surface area contributed by atoms with Crippen LogP contribution in [0.2, 0.25) is 10.0 Å². The average molecular weight is 335 g/mol. The summed E-state index contributed by atoms with van der Waals surface area (Å²) in [5.74, 6) is 0.478. The number of halogens is 2. The smallest absolute Gasteiger partial charge is 0.255 e. The lowest BCUT2D eigenvalue weighted by Gasteiger charge is -2.17. The Morgan fingerprint density at radius 2 is 2.05 bits per heavy atom. The Bertz CT molecular complexity index is 846. The van der Waals surface area contributed by atoms with E-state index in [1.165, 1.54) is 0 Å². The largest absolute Gasteiger partial charge is 0.334 e. The highest BCUT2D eigenvalue weighted by Crippen LogP contribution is 2.22. The number of hydrogen-bond acceptors (Lipinski definition) is 3. The summed E-state index contributed by atoms with van der Waals surface area (Å²) in [7, 11) is 1.69. The van der Waals surface area contributed by atoms with E-state index in [0.717, 1.165) is 5.65 Å². The molecular weight excluding hydrogens is 323 g/mol. The third-order valence-electron chi connectivity index (χ3n) is 3.27. The van der Waals surface area contributed by atoms with Crippen molar-refractivity contribution < 1.29 is 4.79 Å². The third-order valence-corrected chi connectivity index (χ3v) is 3.82. The van der Waals surface area contributed by atoms with E-state index < -0.39 is 0 Å². The Labute approximate surface area is 137 Å². The molecule has 0 atom stereocenters. The molecule has 0 unspecified atom stereocenters. The molecule has 22 heavy (non-hydrogen) atoms. The van der Waals surface area contributed by atoms with Gasteiger partial charge in [-0.2, -0.15) is 0 Å². The summed E-state index contributed by atoms with van der Waals surface area (Å²) in [6.07, 6.45) is 1.86. The maximum absolute atomic E-state index is 12.5. The van der Waals surface area contributed by atoms with Crippen LogP contribution in [-0.2, 0) is 6.54 Å². The van der Waals surface area contributed by atoms with Crippen LogP contribution in [-0.4, -0.2) is 32.5 Å². The molecule has 2 aromatic heterocycles. The molecule has 0 aliphatic heterocycles. The van der Waals surface area contributed by atoms with Crippen LogP contribution in [0.3, 0.4) is 0 Å². The lowest BCUT2D eigenvalue weighted by atomic mass is 10.2. The zero-order chi connectivity index (χ0) is 15.7. The van der Waals surface area contributed by atoms with Crippen molar-refractivity contribution in [3.63, 3.8) is 0 Å². The molecule has 1 aromatic carbocycles. The number of fused-ring (bicyclic) bond motifs is 1. The third kappa shape index (κ3) is 2.77. The fourth-order valence-electron chi connectivity index (χ4n) is 2.15. The maximum atomic E-state index is 12.5. The quantitative estimate of drug-likeness (QED) is 0.738. The zero-order valence-corrected chi connectivity index (χ0v) is 13.2. The molecule has 3 aromatic rings. The second kappa shape index (κ2) is 5.94. The van der Waals surface area contributed by atoms with Gasteiger partial charge in [-0.1, -0.05) is 29.3 Å². The predicted molar refractivity (Wildman–Crippen MR) is 85.2 cm³/mol. The molecular formula is C15H12Cl2N4O. The Morgan fingerprint density at radius 1 is 1.23 bits per heavy atom. The molecule has 5 nitrogen and oxygen atoms in total. The van der Waals surface area contributed by atoms with Crippen molar-refractivity contribution in [3.05, 3.63) is 64.0 Å². The van der Waals surface area contributed by atoms with Crippen LogP contribution in [0.15, 0.2) is 42.6 Å². The van der Waals surface area contributed by atoms with Gasteiger partial charge in [-0.3, -0.25) is 9.20 Å². The Kier molecular flexibility index (Phi) is 4.00. The van der Waals surface area contributed by atoms with E-state index >= 15 is 0 Å². The summed E-state index contributed by atoms with van der Waals surface area (Å²) in [6.45, 7) is 0.322. The number of amides is 1. The van der Waals surface area contributed by atoms with Crippen molar-refractivity contribution in [2.24, 2.45) is 0 Å². The van der Waals surface area contributed by atoms with Gasteiger partial charge in [0.05, 0.1) is 17.1 Å². The lowest BCUT2D eigenvalue weighted by Crippen LogP contribution is -2.27. The van der Waals surface area contributed by atoms with Crippen molar-refractivity contribution in [3.8, 4) is 0 Å². The molecule has 0 saturated heterocycles. The van der Waals surface area contributed by atoms with Crippen LogP contribution in [0.5, 0.6) is 0 Å². The number of benzene rings is 1. The van der Waals surface area contributed by atoms with Gasteiger partial charge in [-0.15, -0.1) is 10.2 Å². The second-order valence-corrected chi connectivity index (χ2v) is 5.67. The standard InChI is InChI=1S/C15H12Cl2N4O/c1-20(15(22)11-6-5-10(16)8-12(11)17)9-14-19-18-13-4-2-3-7-21(13)14/h2-8H,9H2,1H3. The normalized spacial score (nSPS) is 10.9. The summed E-state index contributed by atoms with van der Waals surface area (Å²) in [5.41, 5.74) is 1.14. The fraction of sp³-hybridized carbons (Fsp3) is 0.133. The summed E-state index contributed by atoms with van der Waals surface area (Å²) in [4.78, 5) is 14.0. The number of pyridine rings is 1. The first-order chi connectivity index (χ1) is 10.6. The molecule has 1 amide bonds. The highest BCUT2D eigenvalue weighted by atomic mass is 35.5. The van der Waals surface area contributed by atoms with Crippen LogP contribution >= 0.6 is 23.2 Å². The summed E-state index contributed by atoms with van der Waals surface area (Å²) >= 11 is 11.9. The minimum absolute atomic E-state index is 0.200. The number of carbonyl (C=O) groups is 1. The van der Waals surface area contributed by atoms with Crippen molar-refractivity contribution >= 4 is 34.8 Å². The van der Waals surface area contributed by atoms with Crippen molar-refractivity contribution in [2.75, 3.05) is 7.05 Å². The minimum Gasteiger partial charge on any atom is -0.334 e. The molecule has 7 heteroatoms. The van der Waals surface area contributed by atoms with Gasteiger partial charge >= 0.3 is 0 Å². The van der Waals surface area contributed by atoms with E-state index in [1.54, 1.807) is 30.1 Å². The van der Waals surface area contributed by atoms with Crippen LogP contribution in [0.1, 0.15) is 16.2 Å². The average Bonchev–Trinajstić information content (AvgIpc) is 2.90. The highest BCUT2D eigenvalue weighted by molar-refractivity contribution is 6.36. The van der Waals surface area contributed by atoms with E-state index in [2.05, 4.69) is 10.2 Å². The van der Waals surface area contributed by atoms with Crippen LogP contribution in [0.25, 0.3) is 5.65 Å². The number of hydrogen-bond donors (Lipinski definition) is 0. The van der Waals surface area contributed by atoms with Gasteiger partial charge < -0.3 is 4.90 Å². The molecule has 0 radical (unpaired) electrons. The Morgan fingerprint density at radius 3 is 2.82 bits per heavy atom. The van der Waals surface area contributed by atoms with Crippen LogP contribution < -0.4 is 0 Å². The lowest BCUT2D eigenvalue weighted by molar-refractivity contribution is 0.0781. The molecule has 3 rings (SSSR count). The molecule has 0 bridgehead atoms. The molecule has 0 fully saturated rings. The van der Waals surface area contributed by atoms with Gasteiger partial charge in [0.2, 0.25) is 0 Å². The van der Waals surface area contributed by atoms with Gasteiger partial charge in [0, 0.05) is 18.3 Å². The number of nitrogens with zero attached hydrogens (tertiary/aromatic N) is 4. The van der Waals surface area contributed by atoms with Crippen LogP contribution in [0, 0.1) is 0 Å². The van der Waals surface area contributed by atoms with Gasteiger partial charge in [0.15, 0.2) is 11.5 Å². The summed E-state index contributed by atoms with van der Waals surface area (Å²) in [6, 6.07) is 10.4. The van der Waals surface area contributed by atoms with E-state index in [9.17, 15) is 4.79 Å². The molecule has 112 valence electrons. The van der Waals surface area contributed by atoms with E-state index in [-0.39, 0.29) is 5.91 Å².